The van der Waals surface area contributed by atoms with Crippen LogP contribution in [0.2, 0.25) is 0 Å². The van der Waals surface area contributed by atoms with Gasteiger partial charge in [-0.15, -0.1) is 16.8 Å². The van der Waals surface area contributed by atoms with Gasteiger partial charge in [0.15, 0.2) is 5.69 Å². The zero-order valence-corrected chi connectivity index (χ0v) is 8.95. The highest BCUT2D eigenvalue weighted by Gasteiger charge is 2.12. The minimum Gasteiger partial charge on any atom is -0.409 e. The number of thioether (sulfide) groups is 1. The second-order valence-corrected chi connectivity index (χ2v) is 3.77. The maximum Gasteiger partial charge on any atom is 0.277 e. The molecule has 0 saturated carbocycles. The van der Waals surface area contributed by atoms with Crippen LogP contribution >= 0.6 is 11.8 Å². The third kappa shape index (κ3) is 2.27. The van der Waals surface area contributed by atoms with Crippen molar-refractivity contribution in [3.8, 4) is 11.6 Å². The average Bonchev–Trinajstić information content (AvgIpc) is 2.83. The highest BCUT2D eigenvalue weighted by Crippen LogP contribution is 2.22. The van der Waals surface area contributed by atoms with Gasteiger partial charge >= 0.3 is 0 Å². The number of nitrogens with zero attached hydrogens (tertiary/aromatic N) is 3. The Morgan fingerprint density at radius 1 is 1.53 bits per heavy atom. The fourth-order valence-corrected chi connectivity index (χ4v) is 1.47. The summed E-state index contributed by atoms with van der Waals surface area (Å²) in [7, 11) is 0. The Kier molecular flexibility index (Phi) is 2.86. The molecule has 15 heavy (non-hydrogen) atoms. The Hall–Kier alpha value is -1.56. The Morgan fingerprint density at radius 2 is 2.40 bits per heavy atom. The monoisotopic (exact) mass is 223 g/mol. The first-order valence-corrected chi connectivity index (χ1v) is 5.29. The van der Waals surface area contributed by atoms with E-state index in [4.69, 9.17) is 8.94 Å². The van der Waals surface area contributed by atoms with Gasteiger partial charge in [0.2, 0.25) is 0 Å². The third-order valence-corrected chi connectivity index (χ3v) is 2.39. The molecule has 0 radical (unpaired) electrons. The van der Waals surface area contributed by atoms with Crippen LogP contribution in [0.4, 0.5) is 0 Å². The van der Waals surface area contributed by atoms with Crippen molar-refractivity contribution < 1.29 is 8.94 Å². The molecule has 0 atom stereocenters. The predicted octanol–water partition coefficient (Wildman–Crippen LogP) is 2.31. The van der Waals surface area contributed by atoms with Gasteiger partial charge in [-0.3, -0.25) is 0 Å². The van der Waals surface area contributed by atoms with Crippen molar-refractivity contribution in [1.82, 2.24) is 15.4 Å². The molecule has 2 aromatic rings. The van der Waals surface area contributed by atoms with Crippen molar-refractivity contribution in [3.05, 3.63) is 24.5 Å². The molecule has 2 heterocycles. The molecule has 78 valence electrons. The standard InChI is InChI=1S/C9H9N3O2S/c1-3-4-15-9-11-10-8(13-9)7-5-6(2)14-12-7/h3,5H,1,4H2,2H3. The van der Waals surface area contributed by atoms with Crippen LogP contribution in [0.5, 0.6) is 0 Å². The van der Waals surface area contributed by atoms with E-state index in [1.807, 2.05) is 0 Å². The van der Waals surface area contributed by atoms with E-state index in [1.54, 1.807) is 19.1 Å². The summed E-state index contributed by atoms with van der Waals surface area (Å²) in [6.07, 6.45) is 1.77. The number of hydrogen-bond acceptors (Lipinski definition) is 6. The highest BCUT2D eigenvalue weighted by atomic mass is 32.2. The van der Waals surface area contributed by atoms with E-state index >= 15 is 0 Å². The SMILES string of the molecule is C=CCSc1nnc(-c2cc(C)on2)o1. The van der Waals surface area contributed by atoms with E-state index in [-0.39, 0.29) is 0 Å². The van der Waals surface area contributed by atoms with Crippen molar-refractivity contribution in [2.75, 3.05) is 5.75 Å². The van der Waals surface area contributed by atoms with Crippen LogP contribution in [-0.4, -0.2) is 21.1 Å². The quantitative estimate of drug-likeness (QED) is 0.585. The highest BCUT2D eigenvalue weighted by molar-refractivity contribution is 7.99. The molecule has 0 aliphatic carbocycles. The number of hydrogen-bond donors (Lipinski definition) is 0. The summed E-state index contributed by atoms with van der Waals surface area (Å²) in [6, 6.07) is 1.75. The first-order valence-electron chi connectivity index (χ1n) is 4.30. The summed E-state index contributed by atoms with van der Waals surface area (Å²) in [5.74, 6) is 1.82. The lowest BCUT2D eigenvalue weighted by atomic mass is 10.4. The van der Waals surface area contributed by atoms with Crippen molar-refractivity contribution in [1.29, 1.82) is 0 Å². The van der Waals surface area contributed by atoms with Gasteiger partial charge in [0, 0.05) is 11.8 Å². The van der Waals surface area contributed by atoms with Crippen LogP contribution in [0.15, 0.2) is 32.9 Å². The molecule has 0 aliphatic heterocycles. The molecule has 0 bridgehead atoms. The summed E-state index contributed by atoms with van der Waals surface area (Å²) in [5.41, 5.74) is 0.561. The lowest BCUT2D eigenvalue weighted by Crippen LogP contribution is -1.75. The van der Waals surface area contributed by atoms with Gasteiger partial charge in [0.05, 0.1) is 0 Å². The van der Waals surface area contributed by atoms with Gasteiger partial charge in [-0.05, 0) is 6.92 Å². The van der Waals surface area contributed by atoms with Crippen molar-refractivity contribution in [2.45, 2.75) is 12.1 Å². The molecule has 0 amide bonds. The van der Waals surface area contributed by atoms with Crippen LogP contribution in [0, 0.1) is 6.92 Å². The lowest BCUT2D eigenvalue weighted by molar-refractivity contribution is 0.394. The normalized spacial score (nSPS) is 10.5. The summed E-state index contributed by atoms with van der Waals surface area (Å²) in [4.78, 5) is 0. The smallest absolute Gasteiger partial charge is 0.277 e. The molecule has 0 aromatic carbocycles. The Balaban J connectivity index is 2.16. The van der Waals surface area contributed by atoms with Gasteiger partial charge in [-0.1, -0.05) is 23.0 Å². The number of rotatable bonds is 4. The molecular weight excluding hydrogens is 214 g/mol. The second-order valence-electron chi connectivity index (χ2n) is 2.80. The van der Waals surface area contributed by atoms with Gasteiger partial charge in [0.25, 0.3) is 11.1 Å². The Morgan fingerprint density at radius 3 is 3.07 bits per heavy atom. The summed E-state index contributed by atoms with van der Waals surface area (Å²) < 4.78 is 10.3. The van der Waals surface area contributed by atoms with Gasteiger partial charge in [-0.2, -0.15) is 0 Å². The fourth-order valence-electron chi connectivity index (χ4n) is 0.969. The predicted molar refractivity (Wildman–Crippen MR) is 55.5 cm³/mol. The second kappa shape index (κ2) is 4.31. The summed E-state index contributed by atoms with van der Waals surface area (Å²) >= 11 is 1.43. The fraction of sp³-hybridized carbons (Fsp3) is 0.222. The van der Waals surface area contributed by atoms with Gasteiger partial charge in [-0.25, -0.2) is 0 Å². The minimum absolute atomic E-state index is 0.374. The third-order valence-electron chi connectivity index (χ3n) is 1.58. The van der Waals surface area contributed by atoms with E-state index in [9.17, 15) is 0 Å². The molecule has 0 aliphatic rings. The van der Waals surface area contributed by atoms with E-state index in [2.05, 4.69) is 21.9 Å². The zero-order valence-electron chi connectivity index (χ0n) is 8.14. The maximum absolute atomic E-state index is 5.36. The van der Waals surface area contributed by atoms with E-state index < -0.39 is 0 Å². The molecule has 2 aromatic heterocycles. The molecule has 5 nitrogen and oxygen atoms in total. The molecule has 2 rings (SSSR count). The first-order chi connectivity index (χ1) is 7.29. The number of aryl methyl sites for hydroxylation is 1. The molecule has 0 unspecified atom stereocenters. The summed E-state index contributed by atoms with van der Waals surface area (Å²) in [5, 5.41) is 12.0. The Labute approximate surface area is 90.5 Å². The van der Waals surface area contributed by atoms with Crippen LogP contribution < -0.4 is 0 Å². The van der Waals surface area contributed by atoms with E-state index in [0.717, 1.165) is 5.75 Å². The zero-order chi connectivity index (χ0) is 10.7. The van der Waals surface area contributed by atoms with Crippen molar-refractivity contribution in [3.63, 3.8) is 0 Å². The van der Waals surface area contributed by atoms with Crippen LogP contribution in [0.3, 0.4) is 0 Å². The van der Waals surface area contributed by atoms with Gasteiger partial charge < -0.3 is 8.94 Å². The van der Waals surface area contributed by atoms with Crippen LogP contribution in [0.25, 0.3) is 11.6 Å². The van der Waals surface area contributed by atoms with Gasteiger partial charge in [0.1, 0.15) is 5.76 Å². The average molecular weight is 223 g/mol. The number of aromatic nitrogens is 3. The molecule has 0 fully saturated rings. The first kappa shape index (κ1) is 9.97. The molecule has 0 saturated heterocycles. The van der Waals surface area contributed by atoms with E-state index in [0.29, 0.717) is 22.6 Å². The van der Waals surface area contributed by atoms with Crippen molar-refractivity contribution in [2.24, 2.45) is 0 Å². The van der Waals surface area contributed by atoms with Crippen LogP contribution in [-0.2, 0) is 0 Å². The summed E-state index contributed by atoms with van der Waals surface area (Å²) in [6.45, 7) is 5.41. The van der Waals surface area contributed by atoms with Crippen LogP contribution in [0.1, 0.15) is 5.76 Å². The molecule has 0 N–H and O–H groups in total. The van der Waals surface area contributed by atoms with E-state index in [1.165, 1.54) is 11.8 Å². The molecule has 6 heteroatoms. The molecule has 0 spiro atoms. The minimum atomic E-state index is 0.374. The topological polar surface area (TPSA) is 65.0 Å². The Bertz CT molecular complexity index is 463. The van der Waals surface area contributed by atoms with Crippen molar-refractivity contribution >= 4 is 11.8 Å². The maximum atomic E-state index is 5.36. The molecular formula is C9H9N3O2S. The largest absolute Gasteiger partial charge is 0.409 e. The lowest BCUT2D eigenvalue weighted by Gasteiger charge is -1.86.